The van der Waals surface area contributed by atoms with Crippen LogP contribution in [0.2, 0.25) is 0 Å². The predicted octanol–water partition coefficient (Wildman–Crippen LogP) is 3.62. The molecule has 0 aliphatic carbocycles. The van der Waals surface area contributed by atoms with E-state index in [0.717, 1.165) is 10.9 Å². The molecule has 0 fully saturated rings. The number of rotatable bonds is 5. The van der Waals surface area contributed by atoms with Gasteiger partial charge in [0.15, 0.2) is 22.8 Å². The van der Waals surface area contributed by atoms with Crippen molar-refractivity contribution in [3.8, 4) is 28.6 Å². The summed E-state index contributed by atoms with van der Waals surface area (Å²) < 4.78 is 21.9. The highest BCUT2D eigenvalue weighted by molar-refractivity contribution is 5.91. The molecule has 3 rings (SSSR count). The lowest BCUT2D eigenvalue weighted by molar-refractivity contribution is 0.282. The number of hydrogen-bond acceptors (Lipinski definition) is 5. The summed E-state index contributed by atoms with van der Waals surface area (Å²) in [4.78, 5) is 0. The van der Waals surface area contributed by atoms with Crippen LogP contribution >= 0.6 is 0 Å². The summed E-state index contributed by atoms with van der Waals surface area (Å²) in [5, 5.41) is 10.6. The zero-order valence-electron chi connectivity index (χ0n) is 13.3. The molecule has 0 unspecified atom stereocenters. The van der Waals surface area contributed by atoms with Gasteiger partial charge in [0.2, 0.25) is 0 Å². The standard InChI is InChI=1S/C18H18O5/c1-20-14-8-7-11(9-16(14)22-3)17-13(10-19)12-5-4-6-15(21-2)18(12)23-17/h4-9,19H,10H2,1-3H3. The van der Waals surface area contributed by atoms with E-state index in [4.69, 9.17) is 18.6 Å². The molecule has 0 saturated carbocycles. The minimum Gasteiger partial charge on any atom is -0.493 e. The number of furan rings is 1. The lowest BCUT2D eigenvalue weighted by Crippen LogP contribution is -1.91. The van der Waals surface area contributed by atoms with Crippen molar-refractivity contribution in [3.63, 3.8) is 0 Å². The van der Waals surface area contributed by atoms with E-state index in [-0.39, 0.29) is 6.61 Å². The summed E-state index contributed by atoms with van der Waals surface area (Å²) in [6, 6.07) is 11.1. The Morgan fingerprint density at radius 2 is 1.65 bits per heavy atom. The van der Waals surface area contributed by atoms with Gasteiger partial charge < -0.3 is 23.7 Å². The van der Waals surface area contributed by atoms with Crippen molar-refractivity contribution < 1.29 is 23.7 Å². The third-order valence-electron chi connectivity index (χ3n) is 3.81. The van der Waals surface area contributed by atoms with E-state index in [2.05, 4.69) is 0 Å². The normalized spacial score (nSPS) is 10.8. The lowest BCUT2D eigenvalue weighted by atomic mass is 10.1. The Hall–Kier alpha value is -2.66. The van der Waals surface area contributed by atoms with E-state index in [9.17, 15) is 5.11 Å². The molecule has 0 spiro atoms. The Morgan fingerprint density at radius 3 is 2.30 bits per heavy atom. The summed E-state index contributed by atoms with van der Waals surface area (Å²) in [5.74, 6) is 2.45. The van der Waals surface area contributed by atoms with Gasteiger partial charge in [0.25, 0.3) is 0 Å². The van der Waals surface area contributed by atoms with Crippen LogP contribution in [0, 0.1) is 0 Å². The fraction of sp³-hybridized carbons (Fsp3) is 0.222. The molecule has 2 aromatic carbocycles. The third-order valence-corrected chi connectivity index (χ3v) is 3.81. The molecule has 23 heavy (non-hydrogen) atoms. The van der Waals surface area contributed by atoms with Crippen LogP contribution in [0.4, 0.5) is 0 Å². The van der Waals surface area contributed by atoms with E-state index < -0.39 is 0 Å². The molecule has 120 valence electrons. The van der Waals surface area contributed by atoms with E-state index in [1.807, 2.05) is 30.3 Å². The summed E-state index contributed by atoms with van der Waals surface area (Å²) >= 11 is 0. The van der Waals surface area contributed by atoms with Crippen molar-refractivity contribution in [1.29, 1.82) is 0 Å². The number of methoxy groups -OCH3 is 3. The number of hydrogen-bond donors (Lipinski definition) is 1. The van der Waals surface area contributed by atoms with Gasteiger partial charge in [0, 0.05) is 16.5 Å². The van der Waals surface area contributed by atoms with Crippen LogP contribution in [0.3, 0.4) is 0 Å². The first-order chi connectivity index (χ1) is 11.2. The van der Waals surface area contributed by atoms with Crippen LogP contribution in [0.5, 0.6) is 17.2 Å². The maximum absolute atomic E-state index is 9.80. The molecule has 0 bridgehead atoms. The third kappa shape index (κ3) is 2.49. The van der Waals surface area contributed by atoms with Crippen molar-refractivity contribution >= 4 is 11.0 Å². The summed E-state index contributed by atoms with van der Waals surface area (Å²) in [6.07, 6.45) is 0. The second kappa shape index (κ2) is 6.22. The van der Waals surface area contributed by atoms with Gasteiger partial charge in [-0.15, -0.1) is 0 Å². The number of benzene rings is 2. The van der Waals surface area contributed by atoms with Crippen LogP contribution in [-0.2, 0) is 6.61 Å². The van der Waals surface area contributed by atoms with Gasteiger partial charge in [-0.05, 0) is 24.3 Å². The molecule has 0 atom stereocenters. The Balaban J connectivity index is 2.23. The average Bonchev–Trinajstić information content (AvgIpc) is 2.99. The predicted molar refractivity (Wildman–Crippen MR) is 87.2 cm³/mol. The van der Waals surface area contributed by atoms with Crippen LogP contribution in [0.1, 0.15) is 5.56 Å². The zero-order valence-corrected chi connectivity index (χ0v) is 13.3. The van der Waals surface area contributed by atoms with E-state index in [1.54, 1.807) is 27.4 Å². The molecule has 0 aliphatic heterocycles. The van der Waals surface area contributed by atoms with Gasteiger partial charge in [0.1, 0.15) is 5.76 Å². The maximum Gasteiger partial charge on any atom is 0.177 e. The van der Waals surface area contributed by atoms with Gasteiger partial charge >= 0.3 is 0 Å². The molecule has 0 amide bonds. The zero-order chi connectivity index (χ0) is 16.4. The van der Waals surface area contributed by atoms with Gasteiger partial charge in [0.05, 0.1) is 27.9 Å². The molecule has 0 radical (unpaired) electrons. The van der Waals surface area contributed by atoms with Crippen LogP contribution in [-0.4, -0.2) is 26.4 Å². The SMILES string of the molecule is COc1ccc(-c2oc3c(OC)cccc3c2CO)cc1OC. The van der Waals surface area contributed by atoms with Crippen molar-refractivity contribution in [2.75, 3.05) is 21.3 Å². The van der Waals surface area contributed by atoms with Crippen molar-refractivity contribution in [3.05, 3.63) is 42.0 Å². The van der Waals surface area contributed by atoms with E-state index in [0.29, 0.717) is 34.2 Å². The molecule has 5 heteroatoms. The molecule has 1 aromatic heterocycles. The summed E-state index contributed by atoms with van der Waals surface area (Å²) in [6.45, 7) is -0.135. The molecule has 1 N–H and O–H groups in total. The van der Waals surface area contributed by atoms with Gasteiger partial charge in [-0.1, -0.05) is 12.1 Å². The Morgan fingerprint density at radius 1 is 0.913 bits per heavy atom. The molecule has 3 aromatic rings. The highest BCUT2D eigenvalue weighted by atomic mass is 16.5. The summed E-state index contributed by atoms with van der Waals surface area (Å²) in [7, 11) is 4.75. The van der Waals surface area contributed by atoms with Gasteiger partial charge in [-0.2, -0.15) is 0 Å². The second-order valence-electron chi connectivity index (χ2n) is 4.97. The first kappa shape index (κ1) is 15.2. The van der Waals surface area contributed by atoms with Gasteiger partial charge in [-0.25, -0.2) is 0 Å². The summed E-state index contributed by atoms with van der Waals surface area (Å²) in [5.41, 5.74) is 2.12. The molecule has 5 nitrogen and oxygen atoms in total. The number of para-hydroxylation sites is 1. The van der Waals surface area contributed by atoms with Crippen molar-refractivity contribution in [2.24, 2.45) is 0 Å². The molecule has 1 heterocycles. The van der Waals surface area contributed by atoms with Crippen molar-refractivity contribution in [1.82, 2.24) is 0 Å². The quantitative estimate of drug-likeness (QED) is 0.779. The Kier molecular flexibility index (Phi) is 4.12. The Labute approximate surface area is 134 Å². The fourth-order valence-corrected chi connectivity index (χ4v) is 2.67. The first-order valence-corrected chi connectivity index (χ1v) is 7.15. The van der Waals surface area contributed by atoms with Gasteiger partial charge in [-0.3, -0.25) is 0 Å². The average molecular weight is 314 g/mol. The highest BCUT2D eigenvalue weighted by Crippen LogP contribution is 2.40. The number of aliphatic hydroxyl groups is 1. The topological polar surface area (TPSA) is 61.1 Å². The smallest absolute Gasteiger partial charge is 0.177 e. The highest BCUT2D eigenvalue weighted by Gasteiger charge is 2.19. The monoisotopic (exact) mass is 314 g/mol. The van der Waals surface area contributed by atoms with Crippen LogP contribution in [0.25, 0.3) is 22.3 Å². The first-order valence-electron chi connectivity index (χ1n) is 7.15. The van der Waals surface area contributed by atoms with Crippen LogP contribution < -0.4 is 14.2 Å². The minimum atomic E-state index is -0.135. The molecular weight excluding hydrogens is 296 g/mol. The molecule has 0 aliphatic rings. The fourth-order valence-electron chi connectivity index (χ4n) is 2.67. The molecule has 0 saturated heterocycles. The number of aliphatic hydroxyl groups excluding tert-OH is 1. The Bertz CT molecular complexity index is 835. The van der Waals surface area contributed by atoms with E-state index in [1.165, 1.54) is 0 Å². The van der Waals surface area contributed by atoms with Crippen molar-refractivity contribution in [2.45, 2.75) is 6.61 Å². The minimum absolute atomic E-state index is 0.135. The number of ether oxygens (including phenoxy) is 3. The molecular formula is C18H18O5. The van der Waals surface area contributed by atoms with Crippen LogP contribution in [0.15, 0.2) is 40.8 Å². The second-order valence-corrected chi connectivity index (χ2v) is 4.97. The number of fused-ring (bicyclic) bond motifs is 1. The lowest BCUT2D eigenvalue weighted by Gasteiger charge is -2.09. The maximum atomic E-state index is 9.80. The largest absolute Gasteiger partial charge is 0.493 e. The van der Waals surface area contributed by atoms with E-state index >= 15 is 0 Å².